The van der Waals surface area contributed by atoms with Gasteiger partial charge in [-0.1, -0.05) is 6.07 Å². The van der Waals surface area contributed by atoms with E-state index in [0.717, 1.165) is 22.3 Å². The van der Waals surface area contributed by atoms with Crippen LogP contribution in [-0.4, -0.2) is 28.8 Å². The average Bonchev–Trinajstić information content (AvgIpc) is 2.75. The highest BCUT2D eigenvalue weighted by molar-refractivity contribution is 6.00. The Bertz CT molecular complexity index is 643. The maximum atomic E-state index is 12.6. The lowest BCUT2D eigenvalue weighted by atomic mass is 9.97. The summed E-state index contributed by atoms with van der Waals surface area (Å²) < 4.78 is 5.42. The number of hydrogen-bond donors (Lipinski definition) is 1. The molecule has 0 aliphatic carbocycles. The van der Waals surface area contributed by atoms with Crippen molar-refractivity contribution >= 4 is 17.7 Å². The normalized spacial score (nSPS) is 17.4. The first-order valence-electron chi connectivity index (χ1n) is 7.37. The Balaban J connectivity index is 2.56. The fourth-order valence-electron chi connectivity index (χ4n) is 2.87. The highest BCUT2D eigenvalue weighted by Gasteiger charge is 2.42. The lowest BCUT2D eigenvalue weighted by molar-refractivity contribution is -0.138. The number of carboxylic acids is 1. The van der Waals surface area contributed by atoms with Crippen LogP contribution in [0.15, 0.2) is 6.07 Å². The summed E-state index contributed by atoms with van der Waals surface area (Å²) in [6, 6.07) is 1.12. The van der Waals surface area contributed by atoms with Gasteiger partial charge in [-0.15, -0.1) is 0 Å². The summed E-state index contributed by atoms with van der Waals surface area (Å²) in [4.78, 5) is 25.5. The molecule has 1 N–H and O–H groups in total. The van der Waals surface area contributed by atoms with E-state index in [1.54, 1.807) is 20.8 Å². The number of amides is 1. The molecule has 1 atom stereocenters. The summed E-state index contributed by atoms with van der Waals surface area (Å²) in [6.45, 7) is 11.1. The van der Waals surface area contributed by atoms with E-state index in [2.05, 4.69) is 0 Å². The number of hydrogen-bond acceptors (Lipinski definition) is 3. The number of rotatable bonds is 1. The number of anilines is 1. The molecule has 1 aliphatic heterocycles. The van der Waals surface area contributed by atoms with Crippen LogP contribution in [0.3, 0.4) is 0 Å². The van der Waals surface area contributed by atoms with Gasteiger partial charge in [0.15, 0.2) is 0 Å². The number of aryl methyl sites for hydroxylation is 2. The van der Waals surface area contributed by atoms with E-state index in [-0.39, 0.29) is 0 Å². The Morgan fingerprint density at radius 3 is 2.32 bits per heavy atom. The number of ether oxygens (including phenoxy) is 1. The zero-order chi connectivity index (χ0) is 16.8. The van der Waals surface area contributed by atoms with Crippen molar-refractivity contribution in [2.75, 3.05) is 4.90 Å². The third-order valence-electron chi connectivity index (χ3n) is 3.97. The van der Waals surface area contributed by atoms with Crippen molar-refractivity contribution in [3.63, 3.8) is 0 Å². The Hall–Kier alpha value is -2.04. The van der Waals surface area contributed by atoms with Crippen molar-refractivity contribution in [2.24, 2.45) is 0 Å². The van der Waals surface area contributed by atoms with Gasteiger partial charge in [-0.3, -0.25) is 4.90 Å². The molecule has 0 fully saturated rings. The van der Waals surface area contributed by atoms with Crippen molar-refractivity contribution in [1.29, 1.82) is 0 Å². The zero-order valence-electron chi connectivity index (χ0n) is 14.0. The molecule has 2 rings (SSSR count). The minimum Gasteiger partial charge on any atom is -0.480 e. The first-order valence-corrected chi connectivity index (χ1v) is 7.37. The number of nitrogens with zero attached hydrogens (tertiary/aromatic N) is 1. The van der Waals surface area contributed by atoms with Crippen LogP contribution in [0.2, 0.25) is 0 Å². The smallest absolute Gasteiger partial charge is 0.415 e. The van der Waals surface area contributed by atoms with Gasteiger partial charge in [0.05, 0.1) is 5.69 Å². The molecule has 0 saturated carbocycles. The van der Waals surface area contributed by atoms with E-state index < -0.39 is 23.7 Å². The van der Waals surface area contributed by atoms with Crippen molar-refractivity contribution in [2.45, 2.75) is 59.6 Å². The van der Waals surface area contributed by atoms with Crippen LogP contribution >= 0.6 is 0 Å². The van der Waals surface area contributed by atoms with Gasteiger partial charge in [0.1, 0.15) is 11.6 Å². The van der Waals surface area contributed by atoms with Gasteiger partial charge in [0.25, 0.3) is 0 Å². The van der Waals surface area contributed by atoms with E-state index in [4.69, 9.17) is 4.74 Å². The second kappa shape index (κ2) is 5.30. The molecule has 5 nitrogen and oxygen atoms in total. The molecule has 0 aromatic heterocycles. The molecular formula is C17H23NO4. The number of benzene rings is 1. The predicted octanol–water partition coefficient (Wildman–Crippen LogP) is 3.36. The summed E-state index contributed by atoms with van der Waals surface area (Å²) in [5.41, 5.74) is 3.91. The van der Waals surface area contributed by atoms with Crippen molar-refractivity contribution in [1.82, 2.24) is 0 Å². The van der Waals surface area contributed by atoms with E-state index in [1.165, 1.54) is 4.90 Å². The molecule has 1 amide bonds. The van der Waals surface area contributed by atoms with Gasteiger partial charge < -0.3 is 9.84 Å². The summed E-state index contributed by atoms with van der Waals surface area (Å²) in [7, 11) is 0. The van der Waals surface area contributed by atoms with Crippen LogP contribution in [0.1, 0.15) is 43.0 Å². The van der Waals surface area contributed by atoms with Crippen LogP contribution in [-0.2, 0) is 16.0 Å². The second-order valence-electron chi connectivity index (χ2n) is 6.87. The minimum absolute atomic E-state index is 0.316. The Morgan fingerprint density at radius 1 is 1.23 bits per heavy atom. The fourth-order valence-corrected chi connectivity index (χ4v) is 2.87. The van der Waals surface area contributed by atoms with Gasteiger partial charge >= 0.3 is 12.1 Å². The number of carbonyl (C=O) groups excluding carboxylic acids is 1. The third kappa shape index (κ3) is 2.80. The molecule has 0 radical (unpaired) electrons. The van der Waals surface area contributed by atoms with Crippen LogP contribution in [0.4, 0.5) is 10.5 Å². The number of carbonyl (C=O) groups is 2. The maximum absolute atomic E-state index is 12.6. The van der Waals surface area contributed by atoms with Crippen LogP contribution in [0.25, 0.3) is 0 Å². The highest BCUT2D eigenvalue weighted by atomic mass is 16.6. The Kier molecular flexibility index (Phi) is 3.94. The molecular weight excluding hydrogens is 282 g/mol. The average molecular weight is 305 g/mol. The zero-order valence-corrected chi connectivity index (χ0v) is 14.0. The van der Waals surface area contributed by atoms with E-state index in [1.807, 2.05) is 26.8 Å². The lowest BCUT2D eigenvalue weighted by Gasteiger charge is -2.28. The van der Waals surface area contributed by atoms with E-state index >= 15 is 0 Å². The summed E-state index contributed by atoms with van der Waals surface area (Å²) in [5.74, 6) is -1.02. The van der Waals surface area contributed by atoms with Gasteiger partial charge in [0, 0.05) is 6.42 Å². The SMILES string of the molecule is Cc1cc(C)c2c(c1C)N(C(=O)OC(C)(C)C)C(C(=O)O)C2. The lowest BCUT2D eigenvalue weighted by Crippen LogP contribution is -2.45. The minimum atomic E-state index is -1.02. The molecule has 0 saturated heterocycles. The molecule has 22 heavy (non-hydrogen) atoms. The molecule has 0 bridgehead atoms. The van der Waals surface area contributed by atoms with Crippen LogP contribution in [0, 0.1) is 20.8 Å². The largest absolute Gasteiger partial charge is 0.480 e. The molecule has 1 aromatic carbocycles. The van der Waals surface area contributed by atoms with Gasteiger partial charge in [-0.2, -0.15) is 0 Å². The summed E-state index contributed by atoms with van der Waals surface area (Å²) in [6.07, 6.45) is -0.289. The van der Waals surface area contributed by atoms with E-state index in [9.17, 15) is 14.7 Å². The van der Waals surface area contributed by atoms with Crippen LogP contribution in [0.5, 0.6) is 0 Å². The Morgan fingerprint density at radius 2 is 1.82 bits per heavy atom. The monoisotopic (exact) mass is 305 g/mol. The Labute approximate surface area is 130 Å². The molecule has 120 valence electrons. The van der Waals surface area contributed by atoms with Crippen molar-refractivity contribution in [3.05, 3.63) is 28.3 Å². The first-order chi connectivity index (χ1) is 10.0. The summed E-state index contributed by atoms with van der Waals surface area (Å²) >= 11 is 0. The summed E-state index contributed by atoms with van der Waals surface area (Å²) in [5, 5.41) is 9.50. The van der Waals surface area contributed by atoms with Crippen molar-refractivity contribution in [3.8, 4) is 0 Å². The van der Waals surface area contributed by atoms with Gasteiger partial charge in [-0.25, -0.2) is 9.59 Å². The standard InChI is InChI=1S/C17H23NO4/c1-9-7-10(2)12-8-13(15(19)20)18(14(12)11(9)3)16(21)22-17(4,5)6/h7,13H,8H2,1-6H3,(H,19,20). The topological polar surface area (TPSA) is 66.8 Å². The third-order valence-corrected chi connectivity index (χ3v) is 3.97. The molecule has 5 heteroatoms. The highest BCUT2D eigenvalue weighted by Crippen LogP contribution is 2.39. The molecule has 1 aliphatic rings. The first kappa shape index (κ1) is 16.3. The number of aliphatic carboxylic acids is 1. The predicted molar refractivity (Wildman–Crippen MR) is 84.5 cm³/mol. The number of fused-ring (bicyclic) bond motifs is 1. The molecule has 1 aromatic rings. The fraction of sp³-hybridized carbons (Fsp3) is 0.529. The van der Waals surface area contributed by atoms with Gasteiger partial charge in [-0.05, 0) is 63.8 Å². The maximum Gasteiger partial charge on any atom is 0.415 e. The molecule has 0 spiro atoms. The van der Waals surface area contributed by atoms with Crippen molar-refractivity contribution < 1.29 is 19.4 Å². The second-order valence-corrected chi connectivity index (χ2v) is 6.87. The van der Waals surface area contributed by atoms with E-state index in [0.29, 0.717) is 12.1 Å². The molecule has 1 unspecified atom stereocenters. The molecule has 1 heterocycles. The number of carboxylic acid groups (broad SMARTS) is 1. The van der Waals surface area contributed by atoms with Gasteiger partial charge in [0.2, 0.25) is 0 Å². The quantitative estimate of drug-likeness (QED) is 0.864. The van der Waals surface area contributed by atoms with Crippen LogP contribution < -0.4 is 4.90 Å².